The molecule has 4 rings (SSSR count). The fourth-order valence-electron chi connectivity index (χ4n) is 4.36. The molecule has 1 fully saturated rings. The van der Waals surface area contributed by atoms with Gasteiger partial charge in [0.15, 0.2) is 0 Å². The van der Waals surface area contributed by atoms with E-state index < -0.39 is 0 Å². The fourth-order valence-corrected chi connectivity index (χ4v) is 4.36. The Balaban J connectivity index is 1.41. The van der Waals surface area contributed by atoms with Crippen molar-refractivity contribution in [3.05, 3.63) is 47.3 Å². The summed E-state index contributed by atoms with van der Waals surface area (Å²) in [5.74, 6) is 1.56. The lowest BCUT2D eigenvalue weighted by molar-refractivity contribution is -0.121. The number of carbonyl (C=O) groups is 1. The van der Waals surface area contributed by atoms with Gasteiger partial charge in [0.25, 0.3) is 0 Å². The molecule has 2 heterocycles. The highest BCUT2D eigenvalue weighted by Gasteiger charge is 2.27. The number of hydrogen-bond acceptors (Lipinski definition) is 6. The molecule has 1 saturated carbocycles. The van der Waals surface area contributed by atoms with Crippen LogP contribution in [0.1, 0.15) is 25.7 Å². The number of fused-ring (bicyclic) bond motifs is 1. The standard InChI is InChI=1S/C23H29N5O4/c1-27-19-8-7-18(32-12-11-31-2)13-20(19)28(23(27)30)14-16-3-5-17(6-4-16)22(29)26-21-9-10-24-15-25-21/h7-10,13,15-17H,3-6,11-12,14H2,1-2H3,(H,24,25,26,29). The highest BCUT2D eigenvalue weighted by atomic mass is 16.5. The van der Waals surface area contributed by atoms with Gasteiger partial charge in [0.2, 0.25) is 5.91 Å². The van der Waals surface area contributed by atoms with Crippen molar-refractivity contribution in [3.63, 3.8) is 0 Å². The van der Waals surface area contributed by atoms with Gasteiger partial charge in [-0.1, -0.05) is 0 Å². The monoisotopic (exact) mass is 439 g/mol. The van der Waals surface area contributed by atoms with E-state index in [0.29, 0.717) is 31.5 Å². The second kappa shape index (κ2) is 9.95. The van der Waals surface area contributed by atoms with Crippen molar-refractivity contribution < 1.29 is 14.3 Å². The third-order valence-electron chi connectivity index (χ3n) is 6.16. The smallest absolute Gasteiger partial charge is 0.328 e. The van der Waals surface area contributed by atoms with Gasteiger partial charge in [0.1, 0.15) is 24.5 Å². The molecule has 0 radical (unpaired) electrons. The van der Waals surface area contributed by atoms with Crippen molar-refractivity contribution in [3.8, 4) is 5.75 Å². The molecule has 0 aliphatic heterocycles. The van der Waals surface area contributed by atoms with Crippen molar-refractivity contribution in [2.45, 2.75) is 32.2 Å². The zero-order valence-corrected chi connectivity index (χ0v) is 18.5. The molecule has 0 bridgehead atoms. The van der Waals surface area contributed by atoms with Crippen LogP contribution >= 0.6 is 0 Å². The number of anilines is 1. The van der Waals surface area contributed by atoms with E-state index in [4.69, 9.17) is 9.47 Å². The van der Waals surface area contributed by atoms with E-state index >= 15 is 0 Å². The number of nitrogens with one attached hydrogen (secondary N) is 1. The number of aryl methyl sites for hydroxylation is 1. The maximum atomic E-state index is 12.9. The van der Waals surface area contributed by atoms with E-state index in [1.165, 1.54) is 6.33 Å². The second-order valence-electron chi connectivity index (χ2n) is 8.25. The average molecular weight is 440 g/mol. The number of nitrogens with zero attached hydrogens (tertiary/aromatic N) is 4. The molecule has 170 valence electrons. The van der Waals surface area contributed by atoms with Crippen LogP contribution in [0.5, 0.6) is 5.75 Å². The first kappa shape index (κ1) is 22.0. The average Bonchev–Trinajstić information content (AvgIpc) is 3.05. The molecule has 32 heavy (non-hydrogen) atoms. The summed E-state index contributed by atoms with van der Waals surface area (Å²) < 4.78 is 14.3. The number of hydrogen-bond donors (Lipinski definition) is 1. The quantitative estimate of drug-likeness (QED) is 0.542. The minimum Gasteiger partial charge on any atom is -0.491 e. The van der Waals surface area contributed by atoms with E-state index in [9.17, 15) is 9.59 Å². The molecular weight excluding hydrogens is 410 g/mol. The predicted octanol–water partition coefficient (Wildman–Crippen LogP) is 2.60. The van der Waals surface area contributed by atoms with Crippen molar-refractivity contribution in [1.82, 2.24) is 19.1 Å². The van der Waals surface area contributed by atoms with Gasteiger partial charge in [-0.05, 0) is 49.8 Å². The summed E-state index contributed by atoms with van der Waals surface area (Å²) in [6.45, 7) is 1.60. The van der Waals surface area contributed by atoms with Gasteiger partial charge in [0.05, 0.1) is 17.6 Å². The molecule has 1 N–H and O–H groups in total. The molecule has 1 aliphatic rings. The number of rotatable bonds is 8. The van der Waals surface area contributed by atoms with Crippen LogP contribution in [-0.2, 0) is 23.1 Å². The van der Waals surface area contributed by atoms with Gasteiger partial charge in [-0.3, -0.25) is 13.9 Å². The van der Waals surface area contributed by atoms with Crippen LogP contribution in [0.4, 0.5) is 5.82 Å². The second-order valence-corrected chi connectivity index (χ2v) is 8.25. The predicted molar refractivity (Wildman–Crippen MR) is 121 cm³/mol. The molecule has 2 aromatic heterocycles. The van der Waals surface area contributed by atoms with Crippen LogP contribution in [0, 0.1) is 11.8 Å². The van der Waals surface area contributed by atoms with E-state index in [0.717, 1.165) is 42.5 Å². The summed E-state index contributed by atoms with van der Waals surface area (Å²) in [6, 6.07) is 7.41. The van der Waals surface area contributed by atoms with Gasteiger partial charge in [-0.15, -0.1) is 0 Å². The number of imidazole rings is 1. The van der Waals surface area contributed by atoms with Gasteiger partial charge < -0.3 is 14.8 Å². The van der Waals surface area contributed by atoms with E-state index in [2.05, 4.69) is 15.3 Å². The Morgan fingerprint density at radius 3 is 2.69 bits per heavy atom. The summed E-state index contributed by atoms with van der Waals surface area (Å²) in [6.07, 6.45) is 6.42. The van der Waals surface area contributed by atoms with E-state index in [-0.39, 0.29) is 17.5 Å². The SMILES string of the molecule is COCCOc1ccc2c(c1)n(CC1CCC(C(=O)Nc3ccncn3)CC1)c(=O)n2C. The molecule has 1 amide bonds. The number of carbonyl (C=O) groups excluding carboxylic acids is 1. The molecule has 1 aliphatic carbocycles. The first-order valence-electron chi connectivity index (χ1n) is 10.9. The lowest BCUT2D eigenvalue weighted by Crippen LogP contribution is -2.31. The molecule has 0 unspecified atom stereocenters. The van der Waals surface area contributed by atoms with Crippen LogP contribution in [0.15, 0.2) is 41.6 Å². The molecule has 0 saturated heterocycles. The molecule has 0 spiro atoms. The number of amides is 1. The third-order valence-corrected chi connectivity index (χ3v) is 6.16. The molecule has 1 aromatic carbocycles. The number of aromatic nitrogens is 4. The molecular formula is C23H29N5O4. The number of benzene rings is 1. The lowest BCUT2D eigenvalue weighted by atomic mass is 9.81. The third kappa shape index (κ3) is 4.83. The minimum absolute atomic E-state index is 0.00215. The maximum Gasteiger partial charge on any atom is 0.328 e. The Morgan fingerprint density at radius 2 is 1.97 bits per heavy atom. The Labute approximate surface area is 186 Å². The first-order chi connectivity index (χ1) is 15.6. The molecule has 3 aromatic rings. The van der Waals surface area contributed by atoms with E-state index in [1.54, 1.807) is 31.0 Å². The summed E-state index contributed by atoms with van der Waals surface area (Å²) >= 11 is 0. The zero-order valence-electron chi connectivity index (χ0n) is 18.5. The summed E-state index contributed by atoms with van der Waals surface area (Å²) in [7, 11) is 3.43. The van der Waals surface area contributed by atoms with Crippen molar-refractivity contribution in [2.24, 2.45) is 18.9 Å². The van der Waals surface area contributed by atoms with Crippen LogP contribution in [0.3, 0.4) is 0 Å². The zero-order chi connectivity index (χ0) is 22.5. The van der Waals surface area contributed by atoms with Crippen molar-refractivity contribution in [2.75, 3.05) is 25.6 Å². The van der Waals surface area contributed by atoms with Crippen molar-refractivity contribution in [1.29, 1.82) is 0 Å². The Bertz CT molecular complexity index is 1120. The summed E-state index contributed by atoms with van der Waals surface area (Å²) in [5, 5.41) is 2.87. The number of methoxy groups -OCH3 is 1. The first-order valence-corrected chi connectivity index (χ1v) is 10.9. The van der Waals surface area contributed by atoms with Gasteiger partial charge >= 0.3 is 5.69 Å². The number of ether oxygens (including phenoxy) is 2. The summed E-state index contributed by atoms with van der Waals surface area (Å²) in [4.78, 5) is 33.4. The maximum absolute atomic E-state index is 12.9. The van der Waals surface area contributed by atoms with E-state index in [1.807, 2.05) is 22.8 Å². The Hall–Kier alpha value is -3.20. The Kier molecular flexibility index (Phi) is 6.84. The van der Waals surface area contributed by atoms with Gasteiger partial charge in [-0.2, -0.15) is 0 Å². The lowest BCUT2D eigenvalue weighted by Gasteiger charge is -2.27. The normalized spacial score (nSPS) is 18.6. The topological polar surface area (TPSA) is 100 Å². The van der Waals surface area contributed by atoms with Crippen LogP contribution < -0.4 is 15.7 Å². The highest BCUT2D eigenvalue weighted by Crippen LogP contribution is 2.31. The summed E-state index contributed by atoms with van der Waals surface area (Å²) in [5.41, 5.74) is 1.72. The molecule has 0 atom stereocenters. The molecule has 9 nitrogen and oxygen atoms in total. The van der Waals surface area contributed by atoms with Gasteiger partial charge in [-0.25, -0.2) is 14.8 Å². The van der Waals surface area contributed by atoms with Gasteiger partial charge in [0, 0.05) is 38.9 Å². The fraction of sp³-hybridized carbons (Fsp3) is 0.478. The van der Waals surface area contributed by atoms with Crippen LogP contribution in [-0.4, -0.2) is 45.3 Å². The van der Waals surface area contributed by atoms with Crippen LogP contribution in [0.25, 0.3) is 11.0 Å². The largest absolute Gasteiger partial charge is 0.491 e. The molecule has 9 heteroatoms. The minimum atomic E-state index is -0.0359. The van der Waals surface area contributed by atoms with Crippen LogP contribution in [0.2, 0.25) is 0 Å². The Morgan fingerprint density at radius 1 is 1.16 bits per heavy atom. The van der Waals surface area contributed by atoms with Crippen molar-refractivity contribution >= 4 is 22.8 Å². The highest BCUT2D eigenvalue weighted by molar-refractivity contribution is 5.91.